The molecule has 2 aromatic carbocycles. The Labute approximate surface area is 178 Å². The van der Waals surface area contributed by atoms with Crippen molar-refractivity contribution < 1.29 is 4.79 Å². The second-order valence-electron chi connectivity index (χ2n) is 7.22. The molecule has 1 atom stereocenters. The molecule has 2 heterocycles. The fraction of sp³-hybridized carbons (Fsp3) is 0.318. The first-order valence-electron chi connectivity index (χ1n) is 9.72. The molecule has 3 aromatic rings. The number of fused-ring (bicyclic) bond motifs is 1. The van der Waals surface area contributed by atoms with Gasteiger partial charge in [0.15, 0.2) is 5.16 Å². The van der Waals surface area contributed by atoms with Crippen LogP contribution in [-0.2, 0) is 11.3 Å². The van der Waals surface area contributed by atoms with Gasteiger partial charge in [0.25, 0.3) is 5.56 Å². The molecule has 1 saturated heterocycles. The van der Waals surface area contributed by atoms with Crippen molar-refractivity contribution in [3.8, 4) is 0 Å². The lowest BCUT2D eigenvalue weighted by atomic mass is 10.2. The van der Waals surface area contributed by atoms with Gasteiger partial charge in [-0.3, -0.25) is 14.2 Å². The average molecular weight is 428 g/mol. The number of carbonyl (C=O) groups is 1. The maximum absolute atomic E-state index is 13.2. The van der Waals surface area contributed by atoms with Gasteiger partial charge in [-0.2, -0.15) is 0 Å². The predicted octanol–water partition coefficient (Wildman–Crippen LogP) is 4.20. The molecule has 1 fully saturated rings. The van der Waals surface area contributed by atoms with Gasteiger partial charge in [-0.1, -0.05) is 47.6 Å². The van der Waals surface area contributed by atoms with Gasteiger partial charge in [-0.05, 0) is 49.6 Å². The number of nitrogens with zero attached hydrogens (tertiary/aromatic N) is 3. The standard InChI is InChI=1S/C22H22ClN3O2S/c1-15(20(27)25-12-4-5-13-25)29-22-24-19-7-3-2-6-18(19)21(28)26(22)14-16-8-10-17(23)11-9-16/h2-3,6-11,15H,4-5,12-14H2,1H3. The SMILES string of the molecule is CC(Sc1nc2ccccc2c(=O)n1Cc1ccc(Cl)cc1)C(=O)N1CCCC1. The first-order chi connectivity index (χ1) is 14.0. The molecular weight excluding hydrogens is 406 g/mol. The van der Waals surface area contributed by atoms with E-state index in [1.165, 1.54) is 11.8 Å². The van der Waals surface area contributed by atoms with Gasteiger partial charge in [0, 0.05) is 18.1 Å². The van der Waals surface area contributed by atoms with E-state index in [-0.39, 0.29) is 16.7 Å². The van der Waals surface area contributed by atoms with Crippen molar-refractivity contribution in [1.82, 2.24) is 14.5 Å². The van der Waals surface area contributed by atoms with E-state index in [1.54, 1.807) is 10.6 Å². The van der Waals surface area contributed by atoms with Gasteiger partial charge in [0.05, 0.1) is 22.7 Å². The molecule has 1 unspecified atom stereocenters. The highest BCUT2D eigenvalue weighted by atomic mass is 35.5. The quantitative estimate of drug-likeness (QED) is 0.452. The first-order valence-corrected chi connectivity index (χ1v) is 11.0. The fourth-order valence-corrected chi connectivity index (χ4v) is 4.67. The molecule has 5 nitrogen and oxygen atoms in total. The van der Waals surface area contributed by atoms with E-state index in [1.807, 2.05) is 54.3 Å². The Morgan fingerprint density at radius 1 is 1.14 bits per heavy atom. The van der Waals surface area contributed by atoms with Crippen molar-refractivity contribution in [1.29, 1.82) is 0 Å². The largest absolute Gasteiger partial charge is 0.342 e. The topological polar surface area (TPSA) is 55.2 Å². The summed E-state index contributed by atoms with van der Waals surface area (Å²) in [6.07, 6.45) is 2.11. The van der Waals surface area contributed by atoms with Crippen LogP contribution in [0.2, 0.25) is 5.02 Å². The van der Waals surface area contributed by atoms with Crippen LogP contribution in [0.3, 0.4) is 0 Å². The Hall–Kier alpha value is -2.31. The number of thioether (sulfide) groups is 1. The average Bonchev–Trinajstić information content (AvgIpc) is 3.26. The van der Waals surface area contributed by atoms with Crippen LogP contribution in [-0.4, -0.2) is 38.7 Å². The monoisotopic (exact) mass is 427 g/mol. The highest BCUT2D eigenvalue weighted by Gasteiger charge is 2.25. The summed E-state index contributed by atoms with van der Waals surface area (Å²) in [5, 5.41) is 1.47. The zero-order chi connectivity index (χ0) is 20.4. The number of amides is 1. The van der Waals surface area contributed by atoms with E-state index in [0.717, 1.165) is 31.5 Å². The van der Waals surface area contributed by atoms with Crippen LogP contribution in [0, 0.1) is 0 Å². The van der Waals surface area contributed by atoms with Crippen LogP contribution < -0.4 is 5.56 Å². The number of halogens is 1. The third-order valence-corrected chi connectivity index (χ3v) is 6.46. The third-order valence-electron chi connectivity index (χ3n) is 5.13. The molecule has 150 valence electrons. The van der Waals surface area contributed by atoms with Crippen molar-refractivity contribution in [2.75, 3.05) is 13.1 Å². The minimum atomic E-state index is -0.308. The first kappa shape index (κ1) is 20.0. The Morgan fingerprint density at radius 2 is 1.83 bits per heavy atom. The number of para-hydroxylation sites is 1. The normalized spacial score (nSPS) is 15.0. The zero-order valence-corrected chi connectivity index (χ0v) is 17.7. The molecule has 1 aliphatic rings. The zero-order valence-electron chi connectivity index (χ0n) is 16.2. The molecule has 0 spiro atoms. The van der Waals surface area contributed by atoms with Crippen LogP contribution >= 0.6 is 23.4 Å². The van der Waals surface area contributed by atoms with Crippen molar-refractivity contribution in [3.63, 3.8) is 0 Å². The summed E-state index contributed by atoms with van der Waals surface area (Å²) < 4.78 is 1.66. The minimum absolute atomic E-state index is 0.103. The lowest BCUT2D eigenvalue weighted by molar-refractivity contribution is -0.129. The summed E-state index contributed by atoms with van der Waals surface area (Å²) in [6, 6.07) is 14.7. The molecule has 0 N–H and O–H groups in total. The molecule has 0 radical (unpaired) electrons. The summed E-state index contributed by atoms with van der Waals surface area (Å²) in [5.41, 5.74) is 1.50. The lowest BCUT2D eigenvalue weighted by Crippen LogP contribution is -2.34. The summed E-state index contributed by atoms with van der Waals surface area (Å²) in [5.74, 6) is 0.105. The molecule has 7 heteroatoms. The van der Waals surface area contributed by atoms with Crippen LogP contribution in [0.15, 0.2) is 58.5 Å². The van der Waals surface area contributed by atoms with E-state index in [0.29, 0.717) is 27.6 Å². The third kappa shape index (κ3) is 4.33. The van der Waals surface area contributed by atoms with Gasteiger partial charge in [-0.25, -0.2) is 4.98 Å². The highest BCUT2D eigenvalue weighted by molar-refractivity contribution is 8.00. The second kappa shape index (κ2) is 8.59. The number of carbonyl (C=O) groups excluding carboxylic acids is 1. The summed E-state index contributed by atoms with van der Waals surface area (Å²) in [4.78, 5) is 32.6. The minimum Gasteiger partial charge on any atom is -0.342 e. The number of rotatable bonds is 5. The summed E-state index contributed by atoms with van der Waals surface area (Å²) in [7, 11) is 0. The van der Waals surface area contributed by atoms with Crippen molar-refractivity contribution in [2.24, 2.45) is 0 Å². The second-order valence-corrected chi connectivity index (χ2v) is 8.97. The van der Waals surface area contributed by atoms with E-state index in [4.69, 9.17) is 16.6 Å². The highest BCUT2D eigenvalue weighted by Crippen LogP contribution is 2.26. The van der Waals surface area contributed by atoms with E-state index in [2.05, 4.69) is 0 Å². The molecule has 1 aliphatic heterocycles. The van der Waals surface area contributed by atoms with Crippen LogP contribution in [0.1, 0.15) is 25.3 Å². The van der Waals surface area contributed by atoms with Crippen LogP contribution in [0.4, 0.5) is 0 Å². The number of hydrogen-bond acceptors (Lipinski definition) is 4. The van der Waals surface area contributed by atoms with Crippen LogP contribution in [0.5, 0.6) is 0 Å². The van der Waals surface area contributed by atoms with Gasteiger partial charge < -0.3 is 4.90 Å². The summed E-state index contributed by atoms with van der Waals surface area (Å²) >= 11 is 7.35. The molecule has 29 heavy (non-hydrogen) atoms. The maximum Gasteiger partial charge on any atom is 0.262 e. The molecule has 1 aromatic heterocycles. The molecule has 0 saturated carbocycles. The van der Waals surface area contributed by atoms with Crippen molar-refractivity contribution in [2.45, 2.75) is 36.7 Å². The number of hydrogen-bond donors (Lipinski definition) is 0. The Morgan fingerprint density at radius 3 is 2.55 bits per heavy atom. The molecule has 1 amide bonds. The summed E-state index contributed by atoms with van der Waals surface area (Å²) in [6.45, 7) is 3.89. The van der Waals surface area contributed by atoms with Crippen LogP contribution in [0.25, 0.3) is 10.9 Å². The molecule has 4 rings (SSSR count). The van der Waals surface area contributed by atoms with Gasteiger partial charge >= 0.3 is 0 Å². The maximum atomic E-state index is 13.2. The molecular formula is C22H22ClN3O2S. The van der Waals surface area contributed by atoms with Crippen molar-refractivity contribution >= 4 is 40.2 Å². The van der Waals surface area contributed by atoms with Gasteiger partial charge in [0.2, 0.25) is 5.91 Å². The van der Waals surface area contributed by atoms with E-state index in [9.17, 15) is 9.59 Å². The van der Waals surface area contributed by atoms with Gasteiger partial charge in [-0.15, -0.1) is 0 Å². The van der Waals surface area contributed by atoms with Crippen molar-refractivity contribution in [3.05, 3.63) is 69.5 Å². The van der Waals surface area contributed by atoms with Gasteiger partial charge in [0.1, 0.15) is 0 Å². The molecule has 0 aliphatic carbocycles. The van der Waals surface area contributed by atoms with E-state index >= 15 is 0 Å². The Kier molecular flexibility index (Phi) is 5.92. The fourth-order valence-electron chi connectivity index (χ4n) is 3.55. The Bertz CT molecular complexity index is 1090. The smallest absolute Gasteiger partial charge is 0.262 e. The Balaban J connectivity index is 1.71. The molecule has 0 bridgehead atoms. The number of benzene rings is 2. The number of likely N-dealkylation sites (tertiary alicyclic amines) is 1. The predicted molar refractivity (Wildman–Crippen MR) is 118 cm³/mol. The number of aromatic nitrogens is 2. The van der Waals surface area contributed by atoms with E-state index < -0.39 is 0 Å². The lowest BCUT2D eigenvalue weighted by Gasteiger charge is -2.21.